The van der Waals surface area contributed by atoms with Gasteiger partial charge in [-0.15, -0.1) is 0 Å². The van der Waals surface area contributed by atoms with Crippen LogP contribution in [0.3, 0.4) is 0 Å². The van der Waals surface area contributed by atoms with Crippen LogP contribution in [0, 0.1) is 0 Å². The molecule has 3 aromatic heterocycles. The molecule has 4 heterocycles. The third-order valence-corrected chi connectivity index (χ3v) is 4.71. The van der Waals surface area contributed by atoms with Gasteiger partial charge in [-0.05, 0) is 48.2 Å². The molecule has 0 spiro atoms. The molecule has 124 valence electrons. The van der Waals surface area contributed by atoms with Crippen LogP contribution >= 0.6 is 0 Å². The minimum atomic E-state index is -0.129. The number of H-pyrrole nitrogens is 1. The molecular formula is C19H17N5O. The summed E-state index contributed by atoms with van der Waals surface area (Å²) >= 11 is 0. The molecule has 0 radical (unpaired) electrons. The van der Waals surface area contributed by atoms with E-state index in [1.807, 2.05) is 36.8 Å². The van der Waals surface area contributed by atoms with Crippen LogP contribution in [0.4, 0.5) is 17.3 Å². The van der Waals surface area contributed by atoms with Gasteiger partial charge >= 0.3 is 0 Å². The highest BCUT2D eigenvalue weighted by Gasteiger charge is 2.38. The fourth-order valence-corrected chi connectivity index (χ4v) is 3.37. The van der Waals surface area contributed by atoms with E-state index in [-0.39, 0.29) is 5.91 Å². The van der Waals surface area contributed by atoms with Crippen LogP contribution in [0.15, 0.2) is 49.1 Å². The second kappa shape index (κ2) is 5.44. The van der Waals surface area contributed by atoms with Gasteiger partial charge in [0.05, 0.1) is 11.3 Å². The summed E-state index contributed by atoms with van der Waals surface area (Å²) in [6.07, 6.45) is 10.3. The second-order valence-electron chi connectivity index (χ2n) is 6.49. The molecule has 1 amide bonds. The molecule has 0 atom stereocenters. The molecule has 0 unspecified atom stereocenters. The van der Waals surface area contributed by atoms with Gasteiger partial charge in [-0.25, -0.2) is 9.97 Å². The van der Waals surface area contributed by atoms with Crippen molar-refractivity contribution in [3.8, 4) is 0 Å². The molecule has 2 N–H and O–H groups in total. The van der Waals surface area contributed by atoms with E-state index in [1.165, 1.54) is 5.56 Å². The first kappa shape index (κ1) is 14.2. The number of nitrogens with zero attached hydrogens (tertiary/aromatic N) is 3. The van der Waals surface area contributed by atoms with Crippen molar-refractivity contribution in [2.75, 3.05) is 10.2 Å². The van der Waals surface area contributed by atoms with E-state index in [1.54, 1.807) is 12.3 Å². The molecular weight excluding hydrogens is 314 g/mol. The van der Waals surface area contributed by atoms with Gasteiger partial charge in [0.15, 0.2) is 5.82 Å². The maximum absolute atomic E-state index is 12.8. The summed E-state index contributed by atoms with van der Waals surface area (Å²) in [5, 5.41) is 3.08. The monoisotopic (exact) mass is 331 g/mol. The number of nitrogens with one attached hydrogen (secondary N) is 2. The summed E-state index contributed by atoms with van der Waals surface area (Å²) in [7, 11) is 0. The molecule has 6 nitrogen and oxygen atoms in total. The SMILES string of the molecule is O=C1Nc2c(Cc3cc[nH]c3)ccnc2N(C2CC2)c2ncccc21. The number of amides is 1. The van der Waals surface area contributed by atoms with Crippen LogP contribution < -0.4 is 10.2 Å². The highest BCUT2D eigenvalue weighted by molar-refractivity contribution is 6.12. The van der Waals surface area contributed by atoms with E-state index in [2.05, 4.69) is 25.2 Å². The van der Waals surface area contributed by atoms with E-state index < -0.39 is 0 Å². The zero-order valence-electron chi connectivity index (χ0n) is 13.6. The van der Waals surface area contributed by atoms with Gasteiger partial charge < -0.3 is 15.2 Å². The van der Waals surface area contributed by atoms with E-state index in [0.717, 1.165) is 36.3 Å². The zero-order valence-corrected chi connectivity index (χ0v) is 13.6. The Morgan fingerprint density at radius 1 is 1.12 bits per heavy atom. The molecule has 1 saturated carbocycles. The lowest BCUT2D eigenvalue weighted by Crippen LogP contribution is -2.22. The van der Waals surface area contributed by atoms with E-state index in [9.17, 15) is 4.79 Å². The van der Waals surface area contributed by atoms with Crippen molar-refractivity contribution in [3.63, 3.8) is 0 Å². The first-order valence-electron chi connectivity index (χ1n) is 8.46. The third kappa shape index (κ3) is 2.38. The van der Waals surface area contributed by atoms with Crippen LogP contribution in [-0.4, -0.2) is 26.9 Å². The zero-order chi connectivity index (χ0) is 16.8. The Hall–Kier alpha value is -3.15. The molecule has 0 saturated heterocycles. The van der Waals surface area contributed by atoms with Gasteiger partial charge in [0.2, 0.25) is 0 Å². The molecule has 6 heteroatoms. The number of hydrogen-bond acceptors (Lipinski definition) is 4. The van der Waals surface area contributed by atoms with Crippen molar-refractivity contribution in [2.24, 2.45) is 0 Å². The number of rotatable bonds is 3. The second-order valence-corrected chi connectivity index (χ2v) is 6.49. The number of fused-ring (bicyclic) bond motifs is 2. The van der Waals surface area contributed by atoms with Crippen molar-refractivity contribution in [2.45, 2.75) is 25.3 Å². The van der Waals surface area contributed by atoms with E-state index in [4.69, 9.17) is 0 Å². The molecule has 25 heavy (non-hydrogen) atoms. The summed E-state index contributed by atoms with van der Waals surface area (Å²) in [6, 6.07) is 7.99. The molecule has 1 fully saturated rings. The lowest BCUT2D eigenvalue weighted by atomic mass is 10.1. The molecule has 3 aromatic rings. The Bertz CT molecular complexity index is 946. The smallest absolute Gasteiger partial charge is 0.259 e. The van der Waals surface area contributed by atoms with Crippen LogP contribution in [0.25, 0.3) is 0 Å². The molecule has 5 rings (SSSR count). The Kier molecular flexibility index (Phi) is 3.09. The lowest BCUT2D eigenvalue weighted by molar-refractivity contribution is 0.102. The van der Waals surface area contributed by atoms with Gasteiger partial charge in [-0.1, -0.05) is 0 Å². The summed E-state index contributed by atoms with van der Waals surface area (Å²) in [5.74, 6) is 1.37. The lowest BCUT2D eigenvalue weighted by Gasteiger charge is -2.24. The molecule has 0 bridgehead atoms. The highest BCUT2D eigenvalue weighted by Crippen LogP contribution is 2.44. The average Bonchev–Trinajstić information content (AvgIpc) is 3.35. The highest BCUT2D eigenvalue weighted by atomic mass is 16.1. The Labute approximate surface area is 144 Å². The number of pyridine rings is 2. The maximum atomic E-state index is 12.8. The van der Waals surface area contributed by atoms with E-state index in [0.29, 0.717) is 17.4 Å². The number of carbonyl (C=O) groups is 1. The predicted molar refractivity (Wildman–Crippen MR) is 95.2 cm³/mol. The van der Waals surface area contributed by atoms with Crippen molar-refractivity contribution in [1.82, 2.24) is 15.0 Å². The van der Waals surface area contributed by atoms with Gasteiger partial charge in [0.1, 0.15) is 5.82 Å². The van der Waals surface area contributed by atoms with Crippen molar-refractivity contribution < 1.29 is 4.79 Å². The van der Waals surface area contributed by atoms with E-state index >= 15 is 0 Å². The molecule has 2 aliphatic rings. The third-order valence-electron chi connectivity index (χ3n) is 4.71. The van der Waals surface area contributed by atoms with Crippen LogP contribution in [0.5, 0.6) is 0 Å². The first-order valence-corrected chi connectivity index (χ1v) is 8.46. The quantitative estimate of drug-likeness (QED) is 0.772. The number of aromatic nitrogens is 3. The van der Waals surface area contributed by atoms with Gasteiger partial charge in [-0.3, -0.25) is 4.79 Å². The largest absolute Gasteiger partial charge is 0.367 e. The summed E-state index contributed by atoms with van der Waals surface area (Å²) < 4.78 is 0. The number of aromatic amines is 1. The maximum Gasteiger partial charge on any atom is 0.259 e. The van der Waals surface area contributed by atoms with Gasteiger partial charge in [0.25, 0.3) is 5.91 Å². The number of carbonyl (C=O) groups excluding carboxylic acids is 1. The standard InChI is InChI=1S/C19H17N5O/c25-19-15-2-1-7-21-17(15)24(14-3-4-14)18-16(23-19)13(6-9-22-18)10-12-5-8-20-11-12/h1-2,5-9,11,14,20H,3-4,10H2,(H,23,25). The Morgan fingerprint density at radius 3 is 2.80 bits per heavy atom. The summed E-state index contributed by atoms with van der Waals surface area (Å²) in [4.78, 5) is 27.1. The fraction of sp³-hybridized carbons (Fsp3) is 0.211. The number of hydrogen-bond donors (Lipinski definition) is 2. The number of anilines is 3. The Balaban J connectivity index is 1.68. The molecule has 0 aromatic carbocycles. The molecule has 1 aliphatic heterocycles. The minimum absolute atomic E-state index is 0.129. The van der Waals surface area contributed by atoms with Crippen molar-refractivity contribution in [1.29, 1.82) is 0 Å². The van der Waals surface area contributed by atoms with Crippen LogP contribution in [0.2, 0.25) is 0 Å². The normalized spacial score (nSPS) is 16.0. The summed E-state index contributed by atoms with van der Waals surface area (Å²) in [5.41, 5.74) is 3.61. The fourth-order valence-electron chi connectivity index (χ4n) is 3.37. The summed E-state index contributed by atoms with van der Waals surface area (Å²) in [6.45, 7) is 0. The van der Waals surface area contributed by atoms with Crippen molar-refractivity contribution in [3.05, 3.63) is 65.7 Å². The topological polar surface area (TPSA) is 73.9 Å². The average molecular weight is 331 g/mol. The Morgan fingerprint density at radius 2 is 2.00 bits per heavy atom. The van der Waals surface area contributed by atoms with Gasteiger partial charge in [0, 0.05) is 37.3 Å². The first-order chi connectivity index (χ1) is 12.3. The molecule has 1 aliphatic carbocycles. The predicted octanol–water partition coefficient (Wildman–Crippen LogP) is 3.26. The van der Waals surface area contributed by atoms with Crippen LogP contribution in [0.1, 0.15) is 34.3 Å². The van der Waals surface area contributed by atoms with Gasteiger partial charge in [-0.2, -0.15) is 0 Å². The van der Waals surface area contributed by atoms with Crippen LogP contribution in [-0.2, 0) is 6.42 Å². The van der Waals surface area contributed by atoms with Crippen molar-refractivity contribution >= 4 is 23.2 Å². The minimum Gasteiger partial charge on any atom is -0.367 e.